The molecular formula is C11H19IO2. The molecule has 82 valence electrons. The second-order valence-electron chi connectivity index (χ2n) is 4.69. The Hall–Kier alpha value is 0.650. The molecule has 2 aliphatic rings. The zero-order valence-corrected chi connectivity index (χ0v) is 11.0. The molecule has 1 aliphatic heterocycles. The van der Waals surface area contributed by atoms with Crippen LogP contribution in [0.5, 0.6) is 0 Å². The predicted molar refractivity (Wildman–Crippen MR) is 64.9 cm³/mol. The molecule has 1 saturated heterocycles. The quantitative estimate of drug-likeness (QED) is 0.589. The standard InChI is InChI=1S/C11H19IO2/c1-9-6-13-7-10(9)14-11(8-12)4-2-3-5-11/h9-10H,2-8H2,1H3. The third-order valence-electron chi connectivity index (χ3n) is 3.46. The Labute approximate surface area is 99.9 Å². The molecule has 1 aliphatic carbocycles. The lowest BCUT2D eigenvalue weighted by Crippen LogP contribution is -2.38. The van der Waals surface area contributed by atoms with Crippen LogP contribution in [0, 0.1) is 5.92 Å². The maximum atomic E-state index is 6.29. The Kier molecular flexibility index (Phi) is 3.71. The first kappa shape index (κ1) is 11.1. The summed E-state index contributed by atoms with van der Waals surface area (Å²) < 4.78 is 12.9. The van der Waals surface area contributed by atoms with Gasteiger partial charge in [-0.3, -0.25) is 0 Å². The fourth-order valence-electron chi connectivity index (χ4n) is 2.42. The summed E-state index contributed by atoms with van der Waals surface area (Å²) in [7, 11) is 0. The second kappa shape index (κ2) is 4.66. The van der Waals surface area contributed by atoms with Gasteiger partial charge < -0.3 is 9.47 Å². The molecule has 1 saturated carbocycles. The van der Waals surface area contributed by atoms with Gasteiger partial charge in [-0.2, -0.15) is 0 Å². The van der Waals surface area contributed by atoms with Crippen molar-refractivity contribution in [2.75, 3.05) is 17.6 Å². The molecule has 0 radical (unpaired) electrons. The van der Waals surface area contributed by atoms with Gasteiger partial charge in [0.15, 0.2) is 0 Å². The number of hydrogen-bond acceptors (Lipinski definition) is 2. The molecular weight excluding hydrogens is 291 g/mol. The van der Waals surface area contributed by atoms with Crippen LogP contribution in [-0.2, 0) is 9.47 Å². The zero-order chi connectivity index (χ0) is 10.0. The van der Waals surface area contributed by atoms with Gasteiger partial charge in [-0.15, -0.1) is 0 Å². The third-order valence-corrected chi connectivity index (χ3v) is 4.85. The van der Waals surface area contributed by atoms with Crippen LogP contribution in [0.3, 0.4) is 0 Å². The van der Waals surface area contributed by atoms with Crippen LogP contribution in [0.15, 0.2) is 0 Å². The number of halogens is 1. The predicted octanol–water partition coefficient (Wildman–Crippen LogP) is 2.79. The van der Waals surface area contributed by atoms with Gasteiger partial charge in [-0.1, -0.05) is 42.4 Å². The van der Waals surface area contributed by atoms with Crippen LogP contribution in [-0.4, -0.2) is 29.3 Å². The fraction of sp³-hybridized carbons (Fsp3) is 1.00. The van der Waals surface area contributed by atoms with E-state index >= 15 is 0 Å². The summed E-state index contributed by atoms with van der Waals surface area (Å²) in [5.41, 5.74) is 0.188. The van der Waals surface area contributed by atoms with Gasteiger partial charge in [0.1, 0.15) is 0 Å². The lowest BCUT2D eigenvalue weighted by atomic mass is 10.0. The lowest BCUT2D eigenvalue weighted by molar-refractivity contribution is -0.0851. The summed E-state index contributed by atoms with van der Waals surface area (Å²) in [6, 6.07) is 0. The molecule has 0 N–H and O–H groups in total. The van der Waals surface area contributed by atoms with E-state index in [4.69, 9.17) is 9.47 Å². The molecule has 1 heterocycles. The van der Waals surface area contributed by atoms with Crippen molar-refractivity contribution in [3.63, 3.8) is 0 Å². The molecule has 2 nitrogen and oxygen atoms in total. The minimum Gasteiger partial charge on any atom is -0.378 e. The molecule has 2 atom stereocenters. The topological polar surface area (TPSA) is 18.5 Å². The zero-order valence-electron chi connectivity index (χ0n) is 8.80. The van der Waals surface area contributed by atoms with Gasteiger partial charge in [0, 0.05) is 10.3 Å². The highest BCUT2D eigenvalue weighted by molar-refractivity contribution is 14.1. The van der Waals surface area contributed by atoms with E-state index < -0.39 is 0 Å². The lowest BCUT2D eigenvalue weighted by Gasteiger charge is -2.31. The highest BCUT2D eigenvalue weighted by Crippen LogP contribution is 2.37. The van der Waals surface area contributed by atoms with Crippen LogP contribution in [0.2, 0.25) is 0 Å². The van der Waals surface area contributed by atoms with Crippen LogP contribution < -0.4 is 0 Å². The van der Waals surface area contributed by atoms with E-state index in [9.17, 15) is 0 Å². The van der Waals surface area contributed by atoms with E-state index in [0.717, 1.165) is 17.6 Å². The molecule has 0 aromatic rings. The van der Waals surface area contributed by atoms with Gasteiger partial charge >= 0.3 is 0 Å². The first-order valence-electron chi connectivity index (χ1n) is 5.57. The summed E-state index contributed by atoms with van der Waals surface area (Å²) in [6.45, 7) is 3.91. The Morgan fingerprint density at radius 3 is 2.57 bits per heavy atom. The molecule has 0 aromatic heterocycles. The minimum absolute atomic E-state index is 0.188. The van der Waals surface area contributed by atoms with Crippen LogP contribution in [0.4, 0.5) is 0 Å². The smallest absolute Gasteiger partial charge is 0.0863 e. The average molecular weight is 310 g/mol. The average Bonchev–Trinajstić information content (AvgIpc) is 2.79. The summed E-state index contributed by atoms with van der Waals surface area (Å²) in [4.78, 5) is 0. The first-order valence-corrected chi connectivity index (χ1v) is 7.10. The normalized spacial score (nSPS) is 36.4. The van der Waals surface area contributed by atoms with Gasteiger partial charge in [0.05, 0.1) is 24.9 Å². The van der Waals surface area contributed by atoms with E-state index in [1.807, 2.05) is 0 Å². The molecule has 0 aromatic carbocycles. The number of ether oxygens (including phenoxy) is 2. The van der Waals surface area contributed by atoms with Crippen molar-refractivity contribution in [1.82, 2.24) is 0 Å². The minimum atomic E-state index is 0.188. The molecule has 0 spiro atoms. The van der Waals surface area contributed by atoms with E-state index in [1.165, 1.54) is 25.7 Å². The Morgan fingerprint density at radius 1 is 1.36 bits per heavy atom. The largest absolute Gasteiger partial charge is 0.378 e. The van der Waals surface area contributed by atoms with E-state index in [1.54, 1.807) is 0 Å². The van der Waals surface area contributed by atoms with Gasteiger partial charge in [-0.25, -0.2) is 0 Å². The van der Waals surface area contributed by atoms with Gasteiger partial charge in [0.25, 0.3) is 0 Å². The summed E-state index contributed by atoms with van der Waals surface area (Å²) in [6.07, 6.45) is 5.52. The highest BCUT2D eigenvalue weighted by Gasteiger charge is 2.39. The molecule has 2 fully saturated rings. The van der Waals surface area contributed by atoms with Crippen molar-refractivity contribution in [3.05, 3.63) is 0 Å². The van der Waals surface area contributed by atoms with Crippen LogP contribution in [0.25, 0.3) is 0 Å². The fourth-order valence-corrected chi connectivity index (χ4v) is 3.36. The Morgan fingerprint density at radius 2 is 2.07 bits per heavy atom. The molecule has 2 unspecified atom stereocenters. The van der Waals surface area contributed by atoms with Crippen molar-refractivity contribution in [2.45, 2.75) is 44.3 Å². The Bertz CT molecular complexity index is 190. The van der Waals surface area contributed by atoms with Crippen molar-refractivity contribution in [2.24, 2.45) is 5.92 Å². The summed E-state index contributed by atoms with van der Waals surface area (Å²) >= 11 is 2.47. The van der Waals surface area contributed by atoms with Gasteiger partial charge in [0.2, 0.25) is 0 Å². The third kappa shape index (κ3) is 2.25. The van der Waals surface area contributed by atoms with Crippen LogP contribution >= 0.6 is 22.6 Å². The SMILES string of the molecule is CC1COCC1OC1(CI)CCCC1. The summed E-state index contributed by atoms with van der Waals surface area (Å²) in [5, 5.41) is 0. The maximum absolute atomic E-state index is 6.29. The number of alkyl halides is 1. The van der Waals surface area contributed by atoms with Crippen molar-refractivity contribution >= 4 is 22.6 Å². The monoisotopic (exact) mass is 310 g/mol. The Balaban J connectivity index is 1.93. The molecule has 2 rings (SSSR count). The molecule has 0 bridgehead atoms. The second-order valence-corrected chi connectivity index (χ2v) is 5.46. The highest BCUT2D eigenvalue weighted by atomic mass is 127. The van der Waals surface area contributed by atoms with E-state index in [2.05, 4.69) is 29.5 Å². The van der Waals surface area contributed by atoms with E-state index in [0.29, 0.717) is 12.0 Å². The van der Waals surface area contributed by atoms with E-state index in [-0.39, 0.29) is 5.60 Å². The maximum Gasteiger partial charge on any atom is 0.0863 e. The molecule has 14 heavy (non-hydrogen) atoms. The number of rotatable bonds is 3. The molecule has 0 amide bonds. The van der Waals surface area contributed by atoms with Crippen molar-refractivity contribution < 1.29 is 9.47 Å². The number of hydrogen-bond donors (Lipinski definition) is 0. The first-order chi connectivity index (χ1) is 6.76. The molecule has 3 heteroatoms. The van der Waals surface area contributed by atoms with Gasteiger partial charge in [-0.05, 0) is 12.8 Å². The summed E-state index contributed by atoms with van der Waals surface area (Å²) in [5.74, 6) is 0.579. The van der Waals surface area contributed by atoms with Crippen molar-refractivity contribution in [1.29, 1.82) is 0 Å². The van der Waals surface area contributed by atoms with Crippen molar-refractivity contribution in [3.8, 4) is 0 Å². The van der Waals surface area contributed by atoms with Crippen LogP contribution in [0.1, 0.15) is 32.6 Å².